The second-order valence-corrected chi connectivity index (χ2v) is 10.3. The lowest BCUT2D eigenvalue weighted by Gasteiger charge is -2.32. The summed E-state index contributed by atoms with van der Waals surface area (Å²) in [5, 5.41) is 5.28. The van der Waals surface area contributed by atoms with Crippen LogP contribution in [0.2, 0.25) is 0 Å². The van der Waals surface area contributed by atoms with Crippen LogP contribution in [0.25, 0.3) is 17.3 Å². The summed E-state index contributed by atoms with van der Waals surface area (Å²) in [5.41, 5.74) is 2.16. The Labute approximate surface area is 232 Å². The first-order chi connectivity index (χ1) is 19.2. The molecule has 0 aliphatic carbocycles. The van der Waals surface area contributed by atoms with Gasteiger partial charge in [-0.1, -0.05) is 18.2 Å². The van der Waals surface area contributed by atoms with Gasteiger partial charge in [0.2, 0.25) is 5.95 Å². The number of carbonyl (C=O) groups excluding carboxylic acids is 2. The highest BCUT2D eigenvalue weighted by molar-refractivity contribution is 8.18. The van der Waals surface area contributed by atoms with Crippen LogP contribution in [0.5, 0.6) is 5.75 Å². The van der Waals surface area contributed by atoms with Crippen molar-refractivity contribution < 1.29 is 27.5 Å². The number of imide groups is 1. The fourth-order valence-corrected chi connectivity index (χ4v) is 5.15. The number of halogens is 3. The number of alkyl halides is 3. The van der Waals surface area contributed by atoms with Gasteiger partial charge in [0.15, 0.2) is 0 Å². The Morgan fingerprint density at radius 2 is 1.90 bits per heavy atom. The molecule has 9 nitrogen and oxygen atoms in total. The smallest absolute Gasteiger partial charge is 0.405 e. The molecule has 3 aromatic rings. The lowest BCUT2D eigenvalue weighted by molar-refractivity contribution is -0.274. The molecule has 2 fully saturated rings. The largest absolute Gasteiger partial charge is 0.573 e. The molecule has 5 rings (SSSR count). The number of thioether (sulfide) groups is 1. The van der Waals surface area contributed by atoms with Gasteiger partial charge in [0, 0.05) is 37.6 Å². The molecular formula is C27H25F3N6O3S. The summed E-state index contributed by atoms with van der Waals surface area (Å²) in [5.74, 6) is 0.343. The van der Waals surface area contributed by atoms with E-state index >= 15 is 0 Å². The number of carbonyl (C=O) groups is 2. The number of amides is 2. The molecule has 0 radical (unpaired) electrons. The fourth-order valence-electron chi connectivity index (χ4n) is 4.49. The molecule has 1 aromatic carbocycles. The van der Waals surface area contributed by atoms with Crippen molar-refractivity contribution in [2.75, 3.05) is 24.5 Å². The van der Waals surface area contributed by atoms with Crippen LogP contribution in [0, 0.1) is 5.92 Å². The van der Waals surface area contributed by atoms with E-state index in [1.165, 1.54) is 12.1 Å². The fraction of sp³-hybridized carbons (Fsp3) is 0.296. The van der Waals surface area contributed by atoms with Crippen molar-refractivity contribution in [1.82, 2.24) is 25.6 Å². The number of ether oxygens (including phenoxy) is 1. The third kappa shape index (κ3) is 7.16. The maximum atomic E-state index is 12.7. The molecule has 2 aliphatic heterocycles. The quantitative estimate of drug-likeness (QED) is 0.370. The van der Waals surface area contributed by atoms with E-state index in [2.05, 4.69) is 35.2 Å². The van der Waals surface area contributed by atoms with Gasteiger partial charge in [0.25, 0.3) is 11.1 Å². The molecule has 13 heteroatoms. The minimum Gasteiger partial charge on any atom is -0.405 e. The van der Waals surface area contributed by atoms with Crippen molar-refractivity contribution in [3.05, 3.63) is 71.0 Å². The molecule has 2 saturated heterocycles. The number of nitrogens with one attached hydrogen (secondary N) is 2. The zero-order valence-corrected chi connectivity index (χ0v) is 22.0. The van der Waals surface area contributed by atoms with E-state index in [-0.39, 0.29) is 11.3 Å². The topological polar surface area (TPSA) is 109 Å². The van der Waals surface area contributed by atoms with Crippen molar-refractivity contribution in [2.24, 2.45) is 5.92 Å². The van der Waals surface area contributed by atoms with Crippen LogP contribution >= 0.6 is 11.8 Å². The number of piperidine rings is 1. The number of rotatable bonds is 8. The van der Waals surface area contributed by atoms with Gasteiger partial charge < -0.3 is 15.0 Å². The molecule has 0 unspecified atom stereocenters. The third-order valence-electron chi connectivity index (χ3n) is 6.46. The summed E-state index contributed by atoms with van der Waals surface area (Å²) in [7, 11) is 0. The SMILES string of the molecule is O=C1NC(=O)/C(=C/c2ccnc(N3CCC(CNCc4ccc(-c5ccccc5OC(F)(F)F)nc4)CC3)n2)S1. The molecule has 0 spiro atoms. The predicted molar refractivity (Wildman–Crippen MR) is 144 cm³/mol. The zero-order valence-electron chi connectivity index (χ0n) is 21.1. The van der Waals surface area contributed by atoms with Crippen molar-refractivity contribution in [3.63, 3.8) is 0 Å². The second kappa shape index (κ2) is 12.0. The van der Waals surface area contributed by atoms with Crippen LogP contribution in [0.3, 0.4) is 0 Å². The van der Waals surface area contributed by atoms with Crippen LogP contribution in [-0.2, 0) is 11.3 Å². The number of aromatic nitrogens is 3. The predicted octanol–water partition coefficient (Wildman–Crippen LogP) is 4.77. The number of hydrogen-bond acceptors (Lipinski definition) is 9. The van der Waals surface area contributed by atoms with E-state index in [4.69, 9.17) is 0 Å². The Balaban J connectivity index is 1.10. The molecule has 0 saturated carbocycles. The van der Waals surface area contributed by atoms with Crippen LogP contribution in [-0.4, -0.2) is 52.1 Å². The van der Waals surface area contributed by atoms with E-state index in [0.29, 0.717) is 34.7 Å². The molecule has 0 bridgehead atoms. The number of anilines is 1. The first kappa shape index (κ1) is 27.6. The maximum absolute atomic E-state index is 12.7. The van der Waals surface area contributed by atoms with Crippen LogP contribution < -0.4 is 20.3 Å². The molecule has 2 N–H and O–H groups in total. The highest BCUT2D eigenvalue weighted by Gasteiger charge is 2.32. The summed E-state index contributed by atoms with van der Waals surface area (Å²) in [6, 6.07) is 11.2. The number of benzene rings is 1. The standard InChI is InChI=1S/C27H25F3N6O3S/c28-27(29,30)39-22-4-2-1-3-20(22)21-6-5-18(16-33-21)15-31-14-17-8-11-36(12-9-17)25-32-10-7-19(34-25)13-23-24(37)35-26(38)40-23/h1-7,10,13,16-17,31H,8-9,11-12,14-15H2,(H,35,37,38)/b23-13-. The van der Waals surface area contributed by atoms with E-state index in [1.54, 1.807) is 42.7 Å². The zero-order chi connectivity index (χ0) is 28.1. The number of hydrogen-bond donors (Lipinski definition) is 2. The van der Waals surface area contributed by atoms with Crippen molar-refractivity contribution >= 4 is 34.9 Å². The first-order valence-electron chi connectivity index (χ1n) is 12.6. The van der Waals surface area contributed by atoms with Crippen LogP contribution in [0.4, 0.5) is 23.9 Å². The van der Waals surface area contributed by atoms with E-state index < -0.39 is 17.5 Å². The summed E-state index contributed by atoms with van der Waals surface area (Å²) in [6.45, 7) is 2.97. The molecule has 2 aromatic heterocycles. The minimum atomic E-state index is -4.78. The highest BCUT2D eigenvalue weighted by Crippen LogP contribution is 2.32. The van der Waals surface area contributed by atoms with Gasteiger partial charge in [-0.3, -0.25) is 19.9 Å². The average Bonchev–Trinajstić information content (AvgIpc) is 3.25. The van der Waals surface area contributed by atoms with Crippen molar-refractivity contribution in [3.8, 4) is 17.0 Å². The van der Waals surface area contributed by atoms with Gasteiger partial charge in [-0.05, 0) is 73.0 Å². The van der Waals surface area contributed by atoms with E-state index in [9.17, 15) is 22.8 Å². The third-order valence-corrected chi connectivity index (χ3v) is 7.27. The van der Waals surface area contributed by atoms with Crippen LogP contribution in [0.1, 0.15) is 24.1 Å². The summed E-state index contributed by atoms with van der Waals surface area (Å²) >= 11 is 0.852. The Morgan fingerprint density at radius 1 is 1.10 bits per heavy atom. The number of nitrogens with zero attached hydrogens (tertiary/aromatic N) is 4. The number of para-hydroxylation sites is 1. The summed E-state index contributed by atoms with van der Waals surface area (Å²) < 4.78 is 42.3. The molecule has 40 heavy (non-hydrogen) atoms. The Kier molecular flexibility index (Phi) is 8.31. The summed E-state index contributed by atoms with van der Waals surface area (Å²) in [6.07, 6.45) is 2.00. The maximum Gasteiger partial charge on any atom is 0.573 e. The summed E-state index contributed by atoms with van der Waals surface area (Å²) in [4.78, 5) is 38.8. The normalized spacial score (nSPS) is 17.4. The van der Waals surface area contributed by atoms with Gasteiger partial charge in [0.1, 0.15) is 5.75 Å². The van der Waals surface area contributed by atoms with Gasteiger partial charge in [-0.25, -0.2) is 9.97 Å². The van der Waals surface area contributed by atoms with Crippen molar-refractivity contribution in [2.45, 2.75) is 25.7 Å². The highest BCUT2D eigenvalue weighted by atomic mass is 32.2. The Morgan fingerprint density at radius 3 is 2.60 bits per heavy atom. The van der Waals surface area contributed by atoms with Gasteiger partial charge in [-0.2, -0.15) is 0 Å². The molecule has 2 amide bonds. The monoisotopic (exact) mass is 570 g/mol. The molecule has 0 atom stereocenters. The van der Waals surface area contributed by atoms with Gasteiger partial charge >= 0.3 is 6.36 Å². The Hall–Kier alpha value is -3.97. The first-order valence-corrected chi connectivity index (χ1v) is 13.4. The van der Waals surface area contributed by atoms with E-state index in [1.807, 2.05) is 6.07 Å². The van der Waals surface area contributed by atoms with E-state index in [0.717, 1.165) is 49.8 Å². The van der Waals surface area contributed by atoms with Gasteiger partial charge in [-0.15, -0.1) is 13.2 Å². The molecular weight excluding hydrogens is 545 g/mol. The number of pyridine rings is 1. The molecule has 4 heterocycles. The van der Waals surface area contributed by atoms with Crippen molar-refractivity contribution in [1.29, 1.82) is 0 Å². The average molecular weight is 571 g/mol. The molecule has 208 valence electrons. The Bertz CT molecular complexity index is 1410. The second-order valence-electron chi connectivity index (χ2n) is 9.29. The van der Waals surface area contributed by atoms with Gasteiger partial charge in [0.05, 0.1) is 16.3 Å². The lowest BCUT2D eigenvalue weighted by Crippen LogP contribution is -2.38. The lowest BCUT2D eigenvalue weighted by atomic mass is 9.97. The minimum absolute atomic E-state index is 0.273. The van der Waals surface area contributed by atoms with Crippen LogP contribution in [0.15, 0.2) is 59.8 Å². The molecule has 2 aliphatic rings.